The molecule has 1 N–H and O–H groups in total. The molecule has 2 aliphatic rings. The lowest BCUT2D eigenvalue weighted by atomic mass is 9.79. The predicted molar refractivity (Wildman–Crippen MR) is 87.6 cm³/mol. The molecule has 1 saturated heterocycles. The van der Waals surface area contributed by atoms with E-state index in [1.807, 2.05) is 4.90 Å². The maximum absolute atomic E-state index is 12.5. The van der Waals surface area contributed by atoms with E-state index in [-0.39, 0.29) is 12.7 Å². The fourth-order valence-corrected chi connectivity index (χ4v) is 3.86. The van der Waals surface area contributed by atoms with Crippen LogP contribution in [-0.4, -0.2) is 48.3 Å². The van der Waals surface area contributed by atoms with E-state index in [0.717, 1.165) is 38.3 Å². The van der Waals surface area contributed by atoms with Crippen LogP contribution in [0.2, 0.25) is 0 Å². The highest BCUT2D eigenvalue weighted by Crippen LogP contribution is 2.32. The van der Waals surface area contributed by atoms with Gasteiger partial charge in [-0.3, -0.25) is 4.79 Å². The standard InChI is InChI=1S/C18H33NO3/c1-15(16-6-3-2-4-7-16)14-18(21)19-10-8-17(9-11-19)22-13-5-12-20/h15-17,20H,2-14H2,1H3. The Balaban J connectivity index is 1.66. The summed E-state index contributed by atoms with van der Waals surface area (Å²) >= 11 is 0. The number of ether oxygens (including phenoxy) is 1. The van der Waals surface area contributed by atoms with E-state index in [2.05, 4.69) is 6.92 Å². The summed E-state index contributed by atoms with van der Waals surface area (Å²) in [6.45, 7) is 4.75. The van der Waals surface area contributed by atoms with Gasteiger partial charge in [0.05, 0.1) is 6.10 Å². The molecule has 1 aliphatic heterocycles. The lowest BCUT2D eigenvalue weighted by Crippen LogP contribution is -2.41. The average Bonchev–Trinajstić information content (AvgIpc) is 2.56. The minimum Gasteiger partial charge on any atom is -0.396 e. The predicted octanol–water partition coefficient (Wildman–Crippen LogP) is 2.98. The third-order valence-electron chi connectivity index (χ3n) is 5.40. The van der Waals surface area contributed by atoms with Gasteiger partial charge in [-0.05, 0) is 31.1 Å². The number of amides is 1. The number of piperidine rings is 1. The molecule has 22 heavy (non-hydrogen) atoms. The first-order valence-corrected chi connectivity index (χ1v) is 9.21. The van der Waals surface area contributed by atoms with Gasteiger partial charge < -0.3 is 14.7 Å². The maximum Gasteiger partial charge on any atom is 0.222 e. The molecule has 1 heterocycles. The van der Waals surface area contributed by atoms with E-state index >= 15 is 0 Å². The number of hydrogen-bond donors (Lipinski definition) is 1. The third-order valence-corrected chi connectivity index (χ3v) is 5.40. The number of likely N-dealkylation sites (tertiary alicyclic amines) is 1. The largest absolute Gasteiger partial charge is 0.396 e. The zero-order valence-corrected chi connectivity index (χ0v) is 14.1. The SMILES string of the molecule is CC(CC(=O)N1CCC(OCCCO)CC1)C1CCCCC1. The van der Waals surface area contributed by atoms with E-state index in [9.17, 15) is 4.79 Å². The van der Waals surface area contributed by atoms with Crippen LogP contribution in [0.1, 0.15) is 64.7 Å². The molecule has 1 unspecified atom stereocenters. The minimum atomic E-state index is 0.191. The lowest BCUT2D eigenvalue weighted by Gasteiger charge is -2.34. The summed E-state index contributed by atoms with van der Waals surface area (Å²) in [5, 5.41) is 8.77. The van der Waals surface area contributed by atoms with Crippen molar-refractivity contribution in [3.05, 3.63) is 0 Å². The molecule has 1 aliphatic carbocycles. The van der Waals surface area contributed by atoms with Crippen molar-refractivity contribution in [2.24, 2.45) is 11.8 Å². The molecule has 1 amide bonds. The van der Waals surface area contributed by atoms with Gasteiger partial charge in [-0.25, -0.2) is 0 Å². The minimum absolute atomic E-state index is 0.191. The van der Waals surface area contributed by atoms with Crippen LogP contribution in [0.3, 0.4) is 0 Å². The van der Waals surface area contributed by atoms with Gasteiger partial charge in [0.25, 0.3) is 0 Å². The summed E-state index contributed by atoms with van der Waals surface area (Å²) in [7, 11) is 0. The number of rotatable bonds is 7. The highest BCUT2D eigenvalue weighted by atomic mass is 16.5. The molecule has 1 atom stereocenters. The molecule has 1 saturated carbocycles. The number of nitrogens with zero attached hydrogens (tertiary/aromatic N) is 1. The van der Waals surface area contributed by atoms with Gasteiger partial charge in [0.2, 0.25) is 5.91 Å². The van der Waals surface area contributed by atoms with Crippen LogP contribution in [0.25, 0.3) is 0 Å². The molecule has 0 aromatic rings. The Labute approximate surface area is 135 Å². The quantitative estimate of drug-likeness (QED) is 0.735. The maximum atomic E-state index is 12.5. The molecule has 2 fully saturated rings. The van der Waals surface area contributed by atoms with Crippen LogP contribution in [0.5, 0.6) is 0 Å². The fraction of sp³-hybridized carbons (Fsp3) is 0.944. The van der Waals surface area contributed by atoms with Crippen molar-refractivity contribution in [2.75, 3.05) is 26.3 Å². The van der Waals surface area contributed by atoms with Crippen LogP contribution in [0, 0.1) is 11.8 Å². The van der Waals surface area contributed by atoms with E-state index in [1.165, 1.54) is 32.1 Å². The summed E-state index contributed by atoms with van der Waals surface area (Å²) in [5.41, 5.74) is 0. The smallest absolute Gasteiger partial charge is 0.222 e. The molecule has 4 heteroatoms. The summed E-state index contributed by atoms with van der Waals surface area (Å²) < 4.78 is 5.73. The van der Waals surface area contributed by atoms with Gasteiger partial charge in [-0.15, -0.1) is 0 Å². The van der Waals surface area contributed by atoms with Crippen molar-refractivity contribution in [2.45, 2.75) is 70.8 Å². The Hall–Kier alpha value is -0.610. The van der Waals surface area contributed by atoms with Crippen LogP contribution < -0.4 is 0 Å². The molecular formula is C18H33NO3. The topological polar surface area (TPSA) is 49.8 Å². The van der Waals surface area contributed by atoms with Gasteiger partial charge >= 0.3 is 0 Å². The summed E-state index contributed by atoms with van der Waals surface area (Å²) in [6.07, 6.45) is 10.3. The number of carbonyl (C=O) groups is 1. The van der Waals surface area contributed by atoms with Crippen molar-refractivity contribution >= 4 is 5.91 Å². The zero-order valence-electron chi connectivity index (χ0n) is 14.1. The molecular weight excluding hydrogens is 278 g/mol. The van der Waals surface area contributed by atoms with E-state index < -0.39 is 0 Å². The van der Waals surface area contributed by atoms with Crippen LogP contribution >= 0.6 is 0 Å². The van der Waals surface area contributed by atoms with Gasteiger partial charge in [0, 0.05) is 32.7 Å². The van der Waals surface area contributed by atoms with Crippen LogP contribution in [0.15, 0.2) is 0 Å². The zero-order chi connectivity index (χ0) is 15.8. The van der Waals surface area contributed by atoms with Gasteiger partial charge in [0.15, 0.2) is 0 Å². The van der Waals surface area contributed by atoms with Crippen molar-refractivity contribution in [3.8, 4) is 0 Å². The Kier molecular flexibility index (Phi) is 7.67. The van der Waals surface area contributed by atoms with Crippen molar-refractivity contribution in [3.63, 3.8) is 0 Å². The molecule has 0 spiro atoms. The van der Waals surface area contributed by atoms with Gasteiger partial charge in [0.1, 0.15) is 0 Å². The van der Waals surface area contributed by atoms with E-state index in [0.29, 0.717) is 24.9 Å². The highest BCUT2D eigenvalue weighted by molar-refractivity contribution is 5.76. The molecule has 2 rings (SSSR count). The second-order valence-corrected chi connectivity index (χ2v) is 7.11. The van der Waals surface area contributed by atoms with Crippen molar-refractivity contribution < 1.29 is 14.6 Å². The Morgan fingerprint density at radius 1 is 1.18 bits per heavy atom. The third kappa shape index (κ3) is 5.54. The molecule has 0 aromatic carbocycles. The first-order valence-electron chi connectivity index (χ1n) is 9.21. The fourth-order valence-electron chi connectivity index (χ4n) is 3.86. The number of carbonyl (C=O) groups excluding carboxylic acids is 1. The molecule has 4 nitrogen and oxygen atoms in total. The average molecular weight is 311 g/mol. The summed E-state index contributed by atoms with van der Waals surface area (Å²) in [4.78, 5) is 14.5. The molecule has 0 aromatic heterocycles. The number of aliphatic hydroxyl groups is 1. The monoisotopic (exact) mass is 311 g/mol. The first kappa shape index (κ1) is 17.7. The molecule has 0 bridgehead atoms. The summed E-state index contributed by atoms with van der Waals surface area (Å²) in [5.74, 6) is 1.63. The second-order valence-electron chi connectivity index (χ2n) is 7.11. The van der Waals surface area contributed by atoms with E-state index in [1.54, 1.807) is 0 Å². The summed E-state index contributed by atoms with van der Waals surface area (Å²) in [6, 6.07) is 0. The number of hydrogen-bond acceptors (Lipinski definition) is 3. The van der Waals surface area contributed by atoms with E-state index in [4.69, 9.17) is 9.84 Å². The van der Waals surface area contributed by atoms with Crippen LogP contribution in [-0.2, 0) is 9.53 Å². The highest BCUT2D eigenvalue weighted by Gasteiger charge is 2.27. The van der Waals surface area contributed by atoms with Crippen molar-refractivity contribution in [1.29, 1.82) is 0 Å². The molecule has 128 valence electrons. The normalized spacial score (nSPS) is 22.7. The molecule has 0 radical (unpaired) electrons. The Morgan fingerprint density at radius 3 is 2.50 bits per heavy atom. The first-order chi connectivity index (χ1) is 10.7. The Bertz CT molecular complexity index is 320. The Morgan fingerprint density at radius 2 is 1.86 bits per heavy atom. The van der Waals surface area contributed by atoms with Gasteiger partial charge in [-0.1, -0.05) is 39.0 Å². The van der Waals surface area contributed by atoms with Crippen molar-refractivity contribution in [1.82, 2.24) is 4.90 Å². The second kappa shape index (κ2) is 9.51. The van der Waals surface area contributed by atoms with Gasteiger partial charge in [-0.2, -0.15) is 0 Å². The number of aliphatic hydroxyl groups excluding tert-OH is 1. The van der Waals surface area contributed by atoms with Crippen LogP contribution in [0.4, 0.5) is 0 Å². The lowest BCUT2D eigenvalue weighted by molar-refractivity contribution is -0.135.